The summed E-state index contributed by atoms with van der Waals surface area (Å²) in [7, 11) is 3.00. The van der Waals surface area contributed by atoms with Crippen molar-refractivity contribution in [2.75, 3.05) is 21.3 Å². The number of aliphatic hydroxyl groups excluding tert-OH is 3. The van der Waals surface area contributed by atoms with Gasteiger partial charge in [0, 0.05) is 21.3 Å². The molecule has 1 aliphatic carbocycles. The van der Waals surface area contributed by atoms with Gasteiger partial charge >= 0.3 is 75.6 Å². The Hall–Kier alpha value is -0.290. The zero-order valence-corrected chi connectivity index (χ0v) is 13.5. The summed E-state index contributed by atoms with van der Waals surface area (Å²) in [5, 5.41) is 21.0. The van der Waals surface area contributed by atoms with Crippen molar-refractivity contribution in [3.63, 3.8) is 0 Å². The minimum absolute atomic E-state index is 0.760. The van der Waals surface area contributed by atoms with Crippen LogP contribution in [-0.4, -0.2) is 36.6 Å². The second-order valence-electron chi connectivity index (χ2n) is 2.47. The van der Waals surface area contributed by atoms with Crippen LogP contribution < -0.4 is 0 Å². The summed E-state index contributed by atoms with van der Waals surface area (Å²) in [5.74, 6) is 0. The second-order valence-corrected chi connectivity index (χ2v) is 4.70. The number of hydrogen-bond acceptors (Lipinski definition) is 3. The number of benzene rings is 1. The third-order valence-corrected chi connectivity index (χ3v) is 3.61. The Kier molecular flexibility index (Phi) is 14.4. The fourth-order valence-electron chi connectivity index (χ4n) is 1.25. The predicted molar refractivity (Wildman–Crippen MR) is 62.6 cm³/mol. The molecule has 0 heterocycles. The Balaban J connectivity index is 0. The Morgan fingerprint density at radius 1 is 0.938 bits per heavy atom. The van der Waals surface area contributed by atoms with Crippen molar-refractivity contribution in [1.29, 1.82) is 0 Å². The van der Waals surface area contributed by atoms with Crippen LogP contribution in [0.2, 0.25) is 0 Å². The van der Waals surface area contributed by atoms with E-state index < -0.39 is 0 Å². The fourth-order valence-corrected chi connectivity index (χ4v) is 2.54. The summed E-state index contributed by atoms with van der Waals surface area (Å²) in [5.41, 5.74) is 2.94. The number of hydrogen-bond donors (Lipinski definition) is 3. The fraction of sp³-hybridized carbons (Fsp3) is 0.333. The first-order valence-corrected chi connectivity index (χ1v) is 6.78. The first-order chi connectivity index (χ1) is 7.88. The first-order valence-electron chi connectivity index (χ1n) is 4.70. The SMILES string of the molecule is CO.CO.CO.[Hf][CH]1C=Cc2ccccc21. The van der Waals surface area contributed by atoms with Crippen LogP contribution >= 0.6 is 0 Å². The molecule has 0 aliphatic heterocycles. The summed E-state index contributed by atoms with van der Waals surface area (Å²) < 4.78 is 0.760. The van der Waals surface area contributed by atoms with E-state index in [1.807, 2.05) is 0 Å². The maximum atomic E-state index is 7.00. The van der Waals surface area contributed by atoms with Crippen molar-refractivity contribution in [2.45, 2.75) is 3.67 Å². The van der Waals surface area contributed by atoms with Gasteiger partial charge < -0.3 is 15.3 Å². The van der Waals surface area contributed by atoms with E-state index in [0.29, 0.717) is 0 Å². The maximum absolute atomic E-state index is 7.00. The monoisotopic (exact) mass is 391 g/mol. The predicted octanol–water partition coefficient (Wildman–Crippen LogP) is 1.13. The molecule has 1 atom stereocenters. The van der Waals surface area contributed by atoms with Crippen LogP contribution in [0.4, 0.5) is 0 Å². The molecule has 1 aromatic rings. The van der Waals surface area contributed by atoms with E-state index in [1.165, 1.54) is 35.5 Å². The third-order valence-electron chi connectivity index (χ3n) is 1.80. The van der Waals surface area contributed by atoms with Gasteiger partial charge in [0.1, 0.15) is 0 Å². The summed E-state index contributed by atoms with van der Waals surface area (Å²) in [4.78, 5) is 0. The van der Waals surface area contributed by atoms with Gasteiger partial charge in [0.25, 0.3) is 0 Å². The Labute approximate surface area is 112 Å². The molecular weight excluding hydrogens is 371 g/mol. The van der Waals surface area contributed by atoms with Crippen molar-refractivity contribution < 1.29 is 39.7 Å². The van der Waals surface area contributed by atoms with Crippen LogP contribution in [0.25, 0.3) is 6.08 Å². The van der Waals surface area contributed by atoms with Gasteiger partial charge in [0.15, 0.2) is 0 Å². The Morgan fingerprint density at radius 2 is 1.44 bits per heavy atom. The van der Waals surface area contributed by atoms with Gasteiger partial charge in [-0.1, -0.05) is 0 Å². The van der Waals surface area contributed by atoms with E-state index in [2.05, 4.69) is 36.4 Å². The molecule has 1 aliphatic rings. The zero-order chi connectivity index (χ0) is 13.0. The molecular formula is C12H19HfO3. The summed E-state index contributed by atoms with van der Waals surface area (Å²) >= 11 is 1.24. The van der Waals surface area contributed by atoms with Gasteiger partial charge in [-0.25, -0.2) is 0 Å². The second kappa shape index (κ2) is 12.8. The molecule has 4 heteroatoms. The van der Waals surface area contributed by atoms with Crippen LogP contribution in [0, 0.1) is 0 Å². The summed E-state index contributed by atoms with van der Waals surface area (Å²) in [6, 6.07) is 8.64. The molecule has 0 fully saturated rings. The van der Waals surface area contributed by atoms with Gasteiger partial charge in [0.05, 0.1) is 0 Å². The number of rotatable bonds is 0. The summed E-state index contributed by atoms with van der Waals surface area (Å²) in [6.07, 6.45) is 4.53. The molecule has 3 N–H and O–H groups in total. The average Bonchev–Trinajstić information content (AvgIpc) is 2.79. The van der Waals surface area contributed by atoms with E-state index in [0.717, 1.165) is 25.0 Å². The quantitative estimate of drug-likeness (QED) is 0.583. The van der Waals surface area contributed by atoms with E-state index in [9.17, 15) is 0 Å². The Morgan fingerprint density at radius 3 is 1.94 bits per heavy atom. The zero-order valence-electron chi connectivity index (χ0n) is 9.88. The average molecular weight is 390 g/mol. The van der Waals surface area contributed by atoms with Crippen LogP contribution in [-0.2, 0) is 24.4 Å². The van der Waals surface area contributed by atoms with Crippen LogP contribution in [0.1, 0.15) is 14.8 Å². The summed E-state index contributed by atoms with van der Waals surface area (Å²) in [6.45, 7) is 0. The molecule has 0 spiro atoms. The van der Waals surface area contributed by atoms with E-state index in [-0.39, 0.29) is 0 Å². The molecule has 89 valence electrons. The molecule has 16 heavy (non-hydrogen) atoms. The minimum atomic E-state index is 0.760. The Bertz CT molecular complexity index is 287. The molecule has 0 saturated heterocycles. The van der Waals surface area contributed by atoms with Gasteiger partial charge in [0.2, 0.25) is 0 Å². The molecule has 2 rings (SSSR count). The third kappa shape index (κ3) is 5.70. The van der Waals surface area contributed by atoms with Gasteiger partial charge in [-0.15, -0.1) is 0 Å². The van der Waals surface area contributed by atoms with Gasteiger partial charge in [-0.2, -0.15) is 0 Å². The molecule has 0 aromatic heterocycles. The van der Waals surface area contributed by atoms with Crippen LogP contribution in [0.5, 0.6) is 0 Å². The number of allylic oxidation sites excluding steroid dienone is 1. The molecule has 0 radical (unpaired) electrons. The van der Waals surface area contributed by atoms with E-state index in [4.69, 9.17) is 15.3 Å². The normalized spacial score (nSPS) is 14.2. The topological polar surface area (TPSA) is 60.7 Å². The van der Waals surface area contributed by atoms with Gasteiger partial charge in [-0.3, -0.25) is 0 Å². The van der Waals surface area contributed by atoms with Crippen molar-refractivity contribution in [3.05, 3.63) is 41.5 Å². The van der Waals surface area contributed by atoms with E-state index in [1.54, 1.807) is 0 Å². The number of fused-ring (bicyclic) bond motifs is 1. The van der Waals surface area contributed by atoms with Crippen molar-refractivity contribution in [1.82, 2.24) is 0 Å². The van der Waals surface area contributed by atoms with Crippen LogP contribution in [0.15, 0.2) is 30.3 Å². The molecule has 1 aromatic carbocycles. The van der Waals surface area contributed by atoms with Gasteiger partial charge in [-0.05, 0) is 0 Å². The molecule has 1 unspecified atom stereocenters. The molecule has 0 amide bonds. The van der Waals surface area contributed by atoms with E-state index >= 15 is 0 Å². The standard InChI is InChI=1S/C9H7.3CH4O.Hf/c1-2-5-9-7-3-6-8(9)4-1;3*1-2;/h1-7H;3*2H,1H3;. The number of aliphatic hydroxyl groups is 3. The van der Waals surface area contributed by atoms with Crippen molar-refractivity contribution in [2.24, 2.45) is 0 Å². The van der Waals surface area contributed by atoms with Crippen molar-refractivity contribution in [3.8, 4) is 0 Å². The molecule has 0 saturated carbocycles. The van der Waals surface area contributed by atoms with Crippen LogP contribution in [0.3, 0.4) is 0 Å². The first kappa shape index (κ1) is 18.1. The molecule has 0 bridgehead atoms. The molecule has 3 nitrogen and oxygen atoms in total. The van der Waals surface area contributed by atoms with Crippen molar-refractivity contribution >= 4 is 6.08 Å².